The summed E-state index contributed by atoms with van der Waals surface area (Å²) in [6.07, 6.45) is 1.55. The molecule has 2 aromatic rings. The molecule has 6 heteroatoms. The van der Waals surface area contributed by atoms with Crippen LogP contribution in [-0.2, 0) is 6.61 Å². The highest BCUT2D eigenvalue weighted by molar-refractivity contribution is 6.29. The summed E-state index contributed by atoms with van der Waals surface area (Å²) in [6, 6.07) is 7.74. The first-order chi connectivity index (χ1) is 9.08. The van der Waals surface area contributed by atoms with Crippen molar-refractivity contribution in [3.05, 3.63) is 46.7 Å². The van der Waals surface area contributed by atoms with Gasteiger partial charge in [-0.15, -0.1) is 0 Å². The first-order valence-corrected chi connectivity index (χ1v) is 6.14. The van der Waals surface area contributed by atoms with E-state index in [0.29, 0.717) is 11.8 Å². The Balaban J connectivity index is 2.19. The number of nitrogens with two attached hydrogens (primary N) is 1. The second-order valence-corrected chi connectivity index (χ2v) is 4.52. The highest BCUT2D eigenvalue weighted by Crippen LogP contribution is 2.22. The molecule has 0 radical (unpaired) electrons. The standard InChI is InChI=1S/C13H15ClN4O/c1-9-4-3-5-11(18(2)15)10(9)8-19-13-16-7-6-12(14)17-13/h3-7H,8,15H2,1-2H3. The van der Waals surface area contributed by atoms with Crippen molar-refractivity contribution in [2.24, 2.45) is 5.84 Å². The molecule has 0 spiro atoms. The van der Waals surface area contributed by atoms with Crippen LogP contribution in [0.15, 0.2) is 30.5 Å². The summed E-state index contributed by atoms with van der Waals surface area (Å²) >= 11 is 5.78. The van der Waals surface area contributed by atoms with E-state index in [0.717, 1.165) is 16.8 Å². The second kappa shape index (κ2) is 5.86. The molecule has 100 valence electrons. The molecule has 0 saturated carbocycles. The number of halogens is 1. The molecule has 0 atom stereocenters. The fourth-order valence-electron chi connectivity index (χ4n) is 1.73. The molecule has 0 aliphatic heterocycles. The van der Waals surface area contributed by atoms with Gasteiger partial charge in [0.05, 0.1) is 5.69 Å². The van der Waals surface area contributed by atoms with Crippen molar-refractivity contribution in [3.8, 4) is 6.01 Å². The molecule has 0 amide bonds. The molecule has 2 rings (SSSR count). The zero-order valence-corrected chi connectivity index (χ0v) is 11.6. The van der Waals surface area contributed by atoms with Crippen LogP contribution in [0.5, 0.6) is 6.01 Å². The van der Waals surface area contributed by atoms with Gasteiger partial charge in [0.1, 0.15) is 11.8 Å². The minimum Gasteiger partial charge on any atom is -0.458 e. The number of rotatable bonds is 4. The lowest BCUT2D eigenvalue weighted by Crippen LogP contribution is -2.26. The van der Waals surface area contributed by atoms with Crippen molar-refractivity contribution in [2.75, 3.05) is 12.1 Å². The molecule has 2 N–H and O–H groups in total. The number of anilines is 1. The van der Waals surface area contributed by atoms with Crippen LogP contribution in [-0.4, -0.2) is 17.0 Å². The second-order valence-electron chi connectivity index (χ2n) is 4.13. The van der Waals surface area contributed by atoms with Crippen molar-refractivity contribution in [2.45, 2.75) is 13.5 Å². The maximum absolute atomic E-state index is 5.80. The van der Waals surface area contributed by atoms with Gasteiger partial charge in [-0.2, -0.15) is 4.98 Å². The zero-order chi connectivity index (χ0) is 13.8. The van der Waals surface area contributed by atoms with Gasteiger partial charge in [0, 0.05) is 18.8 Å². The molecule has 0 unspecified atom stereocenters. The third-order valence-electron chi connectivity index (χ3n) is 2.71. The Labute approximate surface area is 117 Å². The van der Waals surface area contributed by atoms with E-state index >= 15 is 0 Å². The number of nitrogens with zero attached hydrogens (tertiary/aromatic N) is 3. The highest BCUT2D eigenvalue weighted by atomic mass is 35.5. The normalized spacial score (nSPS) is 10.3. The molecule has 1 heterocycles. The third kappa shape index (κ3) is 3.33. The van der Waals surface area contributed by atoms with Crippen molar-refractivity contribution in [1.29, 1.82) is 0 Å². The Morgan fingerprint density at radius 3 is 2.84 bits per heavy atom. The average molecular weight is 279 g/mol. The van der Waals surface area contributed by atoms with Gasteiger partial charge in [0.15, 0.2) is 0 Å². The fourth-order valence-corrected chi connectivity index (χ4v) is 1.86. The summed E-state index contributed by atoms with van der Waals surface area (Å²) < 4.78 is 5.56. The Morgan fingerprint density at radius 1 is 1.37 bits per heavy atom. The third-order valence-corrected chi connectivity index (χ3v) is 2.92. The fraction of sp³-hybridized carbons (Fsp3) is 0.231. The Kier molecular flexibility index (Phi) is 4.19. The Bertz CT molecular complexity index is 574. The maximum atomic E-state index is 5.80. The number of hydrogen-bond donors (Lipinski definition) is 1. The number of hydrogen-bond acceptors (Lipinski definition) is 5. The first kappa shape index (κ1) is 13.6. The molecule has 0 bridgehead atoms. The van der Waals surface area contributed by atoms with Gasteiger partial charge >= 0.3 is 6.01 Å². The molecule has 0 aliphatic rings. The first-order valence-electron chi connectivity index (χ1n) is 5.76. The van der Waals surface area contributed by atoms with Gasteiger partial charge in [0.25, 0.3) is 0 Å². The number of aryl methyl sites for hydroxylation is 1. The van der Waals surface area contributed by atoms with E-state index < -0.39 is 0 Å². The molecular formula is C13H15ClN4O. The van der Waals surface area contributed by atoms with Crippen LogP contribution in [0, 0.1) is 6.92 Å². The molecule has 0 aliphatic carbocycles. The van der Waals surface area contributed by atoms with E-state index in [1.807, 2.05) is 25.1 Å². The van der Waals surface area contributed by atoms with Gasteiger partial charge in [0.2, 0.25) is 0 Å². The van der Waals surface area contributed by atoms with Crippen LogP contribution < -0.4 is 15.6 Å². The number of ether oxygens (including phenoxy) is 1. The summed E-state index contributed by atoms with van der Waals surface area (Å²) in [5.41, 5.74) is 3.00. The van der Waals surface area contributed by atoms with Gasteiger partial charge in [-0.25, -0.2) is 10.8 Å². The molecule has 19 heavy (non-hydrogen) atoms. The lowest BCUT2D eigenvalue weighted by molar-refractivity contribution is 0.280. The van der Waals surface area contributed by atoms with E-state index in [-0.39, 0.29) is 6.01 Å². The topological polar surface area (TPSA) is 64.3 Å². The van der Waals surface area contributed by atoms with E-state index in [9.17, 15) is 0 Å². The largest absolute Gasteiger partial charge is 0.458 e. The van der Waals surface area contributed by atoms with Gasteiger partial charge in [-0.3, -0.25) is 0 Å². The van der Waals surface area contributed by atoms with Crippen molar-refractivity contribution >= 4 is 17.3 Å². The minimum absolute atomic E-state index is 0.251. The zero-order valence-electron chi connectivity index (χ0n) is 10.8. The molecule has 1 aromatic heterocycles. The molecule has 0 fully saturated rings. The molecule has 0 saturated heterocycles. The maximum Gasteiger partial charge on any atom is 0.318 e. The highest BCUT2D eigenvalue weighted by Gasteiger charge is 2.09. The predicted octanol–water partition coefficient (Wildman–Crippen LogP) is 2.33. The monoisotopic (exact) mass is 278 g/mol. The van der Waals surface area contributed by atoms with Crippen LogP contribution in [0.4, 0.5) is 5.69 Å². The Morgan fingerprint density at radius 2 is 2.16 bits per heavy atom. The summed E-state index contributed by atoms with van der Waals surface area (Å²) in [7, 11) is 1.79. The number of aromatic nitrogens is 2. The van der Waals surface area contributed by atoms with Gasteiger partial charge in [-0.05, 0) is 24.6 Å². The summed E-state index contributed by atoms with van der Waals surface area (Å²) in [6.45, 7) is 2.34. The van der Waals surface area contributed by atoms with Crippen molar-refractivity contribution < 1.29 is 4.74 Å². The number of benzene rings is 1. The minimum atomic E-state index is 0.251. The lowest BCUT2D eigenvalue weighted by Gasteiger charge is -2.18. The Hall–Kier alpha value is -1.85. The van der Waals surface area contributed by atoms with Crippen LogP contribution in [0.2, 0.25) is 5.15 Å². The summed E-state index contributed by atoms with van der Waals surface area (Å²) in [4.78, 5) is 7.98. The quantitative estimate of drug-likeness (QED) is 0.528. The number of hydrazine groups is 1. The lowest BCUT2D eigenvalue weighted by atomic mass is 10.1. The smallest absolute Gasteiger partial charge is 0.318 e. The van der Waals surface area contributed by atoms with E-state index in [4.69, 9.17) is 22.2 Å². The van der Waals surface area contributed by atoms with E-state index in [1.54, 1.807) is 24.3 Å². The van der Waals surface area contributed by atoms with E-state index in [2.05, 4.69) is 9.97 Å². The van der Waals surface area contributed by atoms with Crippen LogP contribution in [0.1, 0.15) is 11.1 Å². The van der Waals surface area contributed by atoms with Crippen molar-refractivity contribution in [3.63, 3.8) is 0 Å². The van der Waals surface area contributed by atoms with E-state index in [1.165, 1.54) is 0 Å². The molecule has 5 nitrogen and oxygen atoms in total. The van der Waals surface area contributed by atoms with Crippen LogP contribution >= 0.6 is 11.6 Å². The van der Waals surface area contributed by atoms with Crippen molar-refractivity contribution in [1.82, 2.24) is 9.97 Å². The average Bonchev–Trinajstić information content (AvgIpc) is 2.37. The molecule has 1 aromatic carbocycles. The molecular weight excluding hydrogens is 264 g/mol. The van der Waals surface area contributed by atoms with Gasteiger partial charge < -0.3 is 9.75 Å². The SMILES string of the molecule is Cc1cccc(N(C)N)c1COc1nccc(Cl)n1. The van der Waals surface area contributed by atoms with Gasteiger partial charge in [-0.1, -0.05) is 23.7 Å². The van der Waals surface area contributed by atoms with Crippen LogP contribution in [0.25, 0.3) is 0 Å². The van der Waals surface area contributed by atoms with Crippen LogP contribution in [0.3, 0.4) is 0 Å². The summed E-state index contributed by atoms with van der Waals surface area (Å²) in [5.74, 6) is 5.80. The summed E-state index contributed by atoms with van der Waals surface area (Å²) in [5, 5.41) is 1.91. The predicted molar refractivity (Wildman–Crippen MR) is 75.1 cm³/mol.